The monoisotopic (exact) mass is 1190 g/mol. The number of ether oxygens (including phenoxy) is 4. The molecule has 35 heteroatoms. The van der Waals surface area contributed by atoms with Gasteiger partial charge in [0, 0.05) is 24.6 Å². The van der Waals surface area contributed by atoms with Gasteiger partial charge >= 0.3 is 10.4 Å². The van der Waals surface area contributed by atoms with Crippen molar-refractivity contribution in [3.05, 3.63) is 71.8 Å². The summed E-state index contributed by atoms with van der Waals surface area (Å²) >= 11 is 0. The summed E-state index contributed by atoms with van der Waals surface area (Å²) in [6.45, 7) is -0.428. The molecule has 19 atom stereocenters. The Kier molecular flexibility index (Phi) is 27.0. The molecule has 448 valence electrons. The van der Waals surface area contributed by atoms with Crippen LogP contribution in [0.4, 0.5) is 0 Å². The molecule has 2 aromatic carbocycles. The SMILES string of the molecule is CC(=O)O.O=S(=O)([O-])O[C@@H](CO)[C@H](O)C[NH+]1C[C@@H](O)[C@H](O)[C@H]1CO.O=S(=O)([O-])O[C@H]1COC(c2ccccc2)O[C@@H]1C[NH+]1C[C@@H](O)[C@H](O)[C@H]1CO.O=S1(=O)OC[C@H]2OC(c3ccccc3)OC[C@@H]2O1.OC[C@H]1NC[C@@H](O)[C@@H]1O. The van der Waals surface area contributed by atoms with Crippen molar-refractivity contribution < 1.29 is 146 Å². The van der Waals surface area contributed by atoms with E-state index < -0.39 is 148 Å². The third-order valence-electron chi connectivity index (χ3n) is 12.6. The quantitative estimate of drug-likeness (QED) is 0.0582. The molecule has 0 aromatic heterocycles. The minimum absolute atomic E-state index is 0.0196. The van der Waals surface area contributed by atoms with Crippen molar-refractivity contribution in [2.75, 3.05) is 79.0 Å². The van der Waals surface area contributed by atoms with Gasteiger partial charge in [-0.3, -0.25) is 13.2 Å². The van der Waals surface area contributed by atoms with Crippen LogP contribution in [0.2, 0.25) is 0 Å². The lowest BCUT2D eigenvalue weighted by atomic mass is 10.1. The molecular formula is C43H69N3O29S3. The number of likely N-dealkylation sites (tertiary alicyclic amines) is 2. The predicted molar refractivity (Wildman–Crippen MR) is 253 cm³/mol. The molecular weight excluding hydrogens is 1120 g/mol. The average Bonchev–Trinajstić information content (AvgIpc) is 3.96. The first-order chi connectivity index (χ1) is 36.6. The number of aliphatic hydroxyl groups excluding tert-OH is 11. The molecule has 78 heavy (non-hydrogen) atoms. The zero-order valence-corrected chi connectivity index (χ0v) is 44.1. The van der Waals surface area contributed by atoms with E-state index in [1.165, 1.54) is 0 Å². The van der Waals surface area contributed by atoms with Gasteiger partial charge in [0.15, 0.2) is 12.6 Å². The van der Waals surface area contributed by atoms with Crippen LogP contribution in [-0.2, 0) is 71.7 Å². The van der Waals surface area contributed by atoms with Gasteiger partial charge in [0.2, 0.25) is 20.8 Å². The minimum atomic E-state index is -5.08. The van der Waals surface area contributed by atoms with Gasteiger partial charge in [-0.05, 0) is 0 Å². The standard InChI is InChI=1S/C16H23NO9S.C11H12O6S.C9H19NO9S.C5H11NO3.C2H4O2/c18-8-11-15(20)12(19)6-17(11)7-13-14(26-27(21,22)23)9-24-16(25-13)10-4-2-1-3-5-10;12-18(13)15-7-9-10(17-18)6-14-11(16-9)8-4-2-1-3-5-8;11-3-5-9(15)7(14)2-10(5)1-6(13)8(4-12)19-20(16,17)18;7-2-3-5(9)4(8)1-6-3;1-2(3)4/h1-5,11-16,18-20H,6-9H2,(H,21,22,23);1-5,9-11H,6-7H2;5-9,11-15H,1-4H2,(H,16,17,18);3-9H,1-2H2;1H3,(H,3,4)/t11-,12-,13-,14+,15-,16?;9-,10+,11?;5-,6-,7-,8+,9-;3-,4-,5-;/m1111./s1. The second kappa shape index (κ2) is 31.3. The molecule has 6 fully saturated rings. The van der Waals surface area contributed by atoms with Crippen molar-refractivity contribution in [2.24, 2.45) is 0 Å². The number of benzene rings is 2. The number of fused-ring (bicyclic) bond motifs is 1. The summed E-state index contributed by atoms with van der Waals surface area (Å²) in [5, 5.41) is 113. The zero-order chi connectivity index (χ0) is 58.1. The second-order valence-electron chi connectivity index (χ2n) is 18.3. The number of hydrogen-bond donors (Lipinski definition) is 15. The Bertz CT molecular complexity index is 2420. The maximum absolute atomic E-state index is 11.1. The van der Waals surface area contributed by atoms with Gasteiger partial charge in [0.05, 0.1) is 64.5 Å². The number of rotatable bonds is 15. The highest BCUT2D eigenvalue weighted by atomic mass is 32.3. The first-order valence-corrected chi connectivity index (χ1v) is 27.9. The van der Waals surface area contributed by atoms with E-state index in [1.54, 1.807) is 24.3 Å². The van der Waals surface area contributed by atoms with E-state index in [0.717, 1.165) is 12.5 Å². The highest BCUT2D eigenvalue weighted by molar-refractivity contribution is 7.82. The fourth-order valence-electron chi connectivity index (χ4n) is 8.73. The molecule has 0 radical (unpaired) electrons. The van der Waals surface area contributed by atoms with Gasteiger partial charge in [0.25, 0.3) is 5.97 Å². The topological polar surface area (TPSA) is 503 Å². The fourth-order valence-corrected chi connectivity index (χ4v) is 10.5. The van der Waals surface area contributed by atoms with Crippen molar-refractivity contribution in [1.82, 2.24) is 5.32 Å². The number of nitrogens with one attached hydrogen (secondary N) is 3. The number of carboxylic acids is 1. The van der Waals surface area contributed by atoms with Crippen LogP contribution < -0.4 is 15.1 Å². The maximum atomic E-state index is 11.1. The van der Waals surface area contributed by atoms with Gasteiger partial charge in [-0.2, -0.15) is 8.42 Å². The van der Waals surface area contributed by atoms with Crippen LogP contribution in [-0.4, -0.2) is 272 Å². The summed E-state index contributed by atoms with van der Waals surface area (Å²) in [4.78, 5) is 10.0. The van der Waals surface area contributed by atoms with Gasteiger partial charge in [-0.1, -0.05) is 60.7 Å². The number of hydrogen-bond acceptors (Lipinski definition) is 29. The number of quaternary nitrogens is 2. The number of β-amino-alcohol motifs (C(OH)–C–C–N with tert-alkyl or cyclic N) is 1. The van der Waals surface area contributed by atoms with Crippen molar-refractivity contribution in [3.8, 4) is 0 Å². The molecule has 0 saturated carbocycles. The van der Waals surface area contributed by atoms with E-state index in [2.05, 4.69) is 17.9 Å². The first kappa shape index (κ1) is 67.3. The number of carbonyl (C=O) groups is 1. The Labute approximate surface area is 448 Å². The van der Waals surface area contributed by atoms with Gasteiger partial charge in [-0.25, -0.2) is 25.2 Å². The van der Waals surface area contributed by atoms with Crippen molar-refractivity contribution in [3.63, 3.8) is 0 Å². The minimum Gasteiger partial charge on any atom is -0.726 e. The predicted octanol–water partition coefficient (Wildman–Crippen LogP) is -10.4. The zero-order valence-electron chi connectivity index (χ0n) is 41.6. The van der Waals surface area contributed by atoms with E-state index in [4.69, 9.17) is 58.6 Å². The van der Waals surface area contributed by atoms with Gasteiger partial charge in [0.1, 0.15) is 99.3 Å². The molecule has 4 unspecified atom stereocenters. The van der Waals surface area contributed by atoms with Gasteiger partial charge < -0.3 is 104 Å². The van der Waals surface area contributed by atoms with Crippen LogP contribution in [0.5, 0.6) is 0 Å². The number of aliphatic carboxylic acids is 1. The van der Waals surface area contributed by atoms with Crippen LogP contribution >= 0.6 is 0 Å². The Hall–Kier alpha value is -3.20. The Morgan fingerprint density at radius 3 is 1.71 bits per heavy atom. The third kappa shape index (κ3) is 21.3. The molecule has 32 nitrogen and oxygen atoms in total. The third-order valence-corrected chi connectivity index (χ3v) is 14.5. The molecule has 0 spiro atoms. The van der Waals surface area contributed by atoms with E-state index in [0.29, 0.717) is 21.9 Å². The molecule has 6 aliphatic rings. The van der Waals surface area contributed by atoms with Crippen LogP contribution in [0.1, 0.15) is 30.6 Å². The molecule has 15 N–H and O–H groups in total. The van der Waals surface area contributed by atoms with Crippen LogP contribution in [0.3, 0.4) is 0 Å². The van der Waals surface area contributed by atoms with Crippen molar-refractivity contribution in [2.45, 2.75) is 111 Å². The van der Waals surface area contributed by atoms with E-state index in [9.17, 15) is 65.0 Å². The van der Waals surface area contributed by atoms with Crippen LogP contribution in [0, 0.1) is 0 Å². The largest absolute Gasteiger partial charge is 0.726 e. The summed E-state index contributed by atoms with van der Waals surface area (Å²) in [6, 6.07) is 16.6. The second-order valence-corrected chi connectivity index (χ2v) is 21.5. The number of carboxylic acid groups (broad SMARTS) is 1. The van der Waals surface area contributed by atoms with Crippen molar-refractivity contribution in [1.29, 1.82) is 0 Å². The normalized spacial score (nSPS) is 35.1. The lowest BCUT2D eigenvalue weighted by Gasteiger charge is -2.37. The molecule has 6 saturated heterocycles. The lowest BCUT2D eigenvalue weighted by Crippen LogP contribution is -3.16. The lowest BCUT2D eigenvalue weighted by molar-refractivity contribution is -0.919. The molecule has 0 aliphatic carbocycles. The summed E-state index contributed by atoms with van der Waals surface area (Å²) in [7, 11) is -14.0. The highest BCUT2D eigenvalue weighted by Gasteiger charge is 2.48. The first-order valence-electron chi connectivity index (χ1n) is 23.9. The van der Waals surface area contributed by atoms with E-state index >= 15 is 0 Å². The van der Waals surface area contributed by atoms with Crippen LogP contribution in [0.25, 0.3) is 0 Å². The summed E-state index contributed by atoms with van der Waals surface area (Å²) in [6.07, 6.45) is -13.5. The number of aliphatic hydroxyl groups is 11. The smallest absolute Gasteiger partial charge is 0.400 e. The molecule has 6 heterocycles. The molecule has 6 aliphatic heterocycles. The van der Waals surface area contributed by atoms with E-state index in [-0.39, 0.29) is 65.3 Å². The Morgan fingerprint density at radius 1 is 0.731 bits per heavy atom. The fraction of sp³-hybridized carbons (Fsp3) is 0.698. The summed E-state index contributed by atoms with van der Waals surface area (Å²) in [5.41, 5.74) is 1.59. The van der Waals surface area contributed by atoms with E-state index in [1.807, 2.05) is 36.4 Å². The van der Waals surface area contributed by atoms with Gasteiger partial charge in [-0.15, -0.1) is 0 Å². The van der Waals surface area contributed by atoms with Crippen LogP contribution in [0.15, 0.2) is 60.7 Å². The molecule has 0 amide bonds. The maximum Gasteiger partial charge on any atom is 0.400 e. The Morgan fingerprint density at radius 2 is 1.24 bits per heavy atom. The highest BCUT2D eigenvalue weighted by Crippen LogP contribution is 2.31. The summed E-state index contributed by atoms with van der Waals surface area (Å²) in [5.74, 6) is -0.833. The Balaban J connectivity index is 0.000000230. The molecule has 2 aromatic rings. The van der Waals surface area contributed by atoms with Crippen molar-refractivity contribution >= 4 is 37.2 Å². The molecule has 0 bridgehead atoms. The molecule has 8 rings (SSSR count). The average molecular weight is 1190 g/mol. The summed E-state index contributed by atoms with van der Waals surface area (Å²) < 4.78 is 127.